The fourth-order valence-electron chi connectivity index (χ4n) is 3.23. The molecule has 0 aliphatic rings. The van der Waals surface area contributed by atoms with Crippen molar-refractivity contribution in [2.24, 2.45) is 0 Å². The Morgan fingerprint density at radius 1 is 0.808 bits per heavy atom. The molecule has 2 heterocycles. The molecule has 1 unspecified atom stereocenters. The topological polar surface area (TPSA) is 42.4 Å². The number of aromatic nitrogens is 2. The van der Waals surface area contributed by atoms with Gasteiger partial charge in [0.2, 0.25) is 0 Å². The van der Waals surface area contributed by atoms with E-state index in [4.69, 9.17) is 0 Å². The molecule has 1 atom stereocenters. The highest BCUT2D eigenvalue weighted by atomic mass is 35.5. The number of nitrogens with zero attached hydrogens (tertiary/aromatic N) is 2. The summed E-state index contributed by atoms with van der Waals surface area (Å²) in [6, 6.07) is 23.5. The molecule has 0 amide bonds. The summed E-state index contributed by atoms with van der Waals surface area (Å²) in [7, 11) is 0. The smallest absolute Gasteiger partial charge is 0.0871 e. The zero-order valence-electron chi connectivity index (χ0n) is 15.1. The predicted octanol–water partition coefficient (Wildman–Crippen LogP) is 0.197. The fourth-order valence-corrected chi connectivity index (χ4v) is 3.23. The molecule has 2 N–H and O–H groups in total. The van der Waals surface area contributed by atoms with E-state index < -0.39 is 0 Å². The van der Waals surface area contributed by atoms with Crippen molar-refractivity contribution in [3.63, 3.8) is 0 Å². The molecule has 1 aromatic carbocycles. The summed E-state index contributed by atoms with van der Waals surface area (Å²) >= 11 is 0. The van der Waals surface area contributed by atoms with Gasteiger partial charge in [-0.1, -0.05) is 42.5 Å². The maximum atomic E-state index is 4.57. The van der Waals surface area contributed by atoms with E-state index in [2.05, 4.69) is 76.8 Å². The van der Waals surface area contributed by atoms with Crippen LogP contribution in [0.4, 0.5) is 0 Å². The average molecular weight is 368 g/mol. The molecule has 0 saturated heterocycles. The molecule has 4 heteroatoms. The van der Waals surface area contributed by atoms with Gasteiger partial charge in [0.05, 0.1) is 12.6 Å². The Hall–Kier alpha value is -2.23. The van der Waals surface area contributed by atoms with Crippen LogP contribution in [0.1, 0.15) is 36.2 Å². The molecule has 0 fully saturated rings. The number of halogens is 1. The van der Waals surface area contributed by atoms with Gasteiger partial charge in [0, 0.05) is 42.5 Å². The van der Waals surface area contributed by atoms with Crippen molar-refractivity contribution in [3.8, 4) is 0 Å². The molecule has 136 valence electrons. The molecule has 3 rings (SSSR count). The van der Waals surface area contributed by atoms with E-state index >= 15 is 0 Å². The highest BCUT2D eigenvalue weighted by Gasteiger charge is 2.18. The lowest BCUT2D eigenvalue weighted by molar-refractivity contribution is -0.686. The van der Waals surface area contributed by atoms with Crippen LogP contribution in [-0.4, -0.2) is 22.6 Å². The van der Waals surface area contributed by atoms with Crippen molar-refractivity contribution in [1.82, 2.24) is 9.97 Å². The first-order valence-corrected chi connectivity index (χ1v) is 9.02. The minimum atomic E-state index is 0. The summed E-state index contributed by atoms with van der Waals surface area (Å²) in [5.41, 5.74) is 3.60. The van der Waals surface area contributed by atoms with E-state index in [1.54, 1.807) is 0 Å². The number of rotatable bonds is 8. The maximum absolute atomic E-state index is 4.57. The van der Waals surface area contributed by atoms with Crippen molar-refractivity contribution >= 4 is 0 Å². The standard InChI is InChI=1S/C22H25N3.ClH/c1-18(17-19-9-3-2-4-10-19)23-16-13-20(21-11-5-7-14-24-21)22-12-6-8-15-25-22;/h2-12,14-15,18,20,23H,13,16-17H2,1H3;1H. The number of hydrogen-bond acceptors (Lipinski definition) is 2. The summed E-state index contributed by atoms with van der Waals surface area (Å²) in [5.74, 6) is 0.252. The van der Waals surface area contributed by atoms with E-state index in [0.717, 1.165) is 30.8 Å². The third-order valence-corrected chi connectivity index (χ3v) is 4.51. The van der Waals surface area contributed by atoms with Crippen LogP contribution >= 0.6 is 0 Å². The molecule has 0 bridgehead atoms. The SMILES string of the molecule is CC(Cc1ccccc1)[NH2+]CCC(c1ccccn1)c1ccccn1.[Cl-]. The zero-order chi connectivity index (χ0) is 17.3. The third-order valence-electron chi connectivity index (χ3n) is 4.51. The Balaban J connectivity index is 0.00000243. The minimum absolute atomic E-state index is 0. The highest BCUT2D eigenvalue weighted by molar-refractivity contribution is 5.22. The van der Waals surface area contributed by atoms with Gasteiger partial charge in [-0.05, 0) is 36.8 Å². The number of nitrogens with two attached hydrogens (primary N) is 1. The second-order valence-electron chi connectivity index (χ2n) is 6.54. The molecule has 26 heavy (non-hydrogen) atoms. The Morgan fingerprint density at radius 2 is 1.38 bits per heavy atom. The van der Waals surface area contributed by atoms with E-state index in [-0.39, 0.29) is 18.3 Å². The highest BCUT2D eigenvalue weighted by Crippen LogP contribution is 2.23. The second kappa shape index (κ2) is 10.7. The number of hydrogen-bond donors (Lipinski definition) is 1. The zero-order valence-corrected chi connectivity index (χ0v) is 15.9. The van der Waals surface area contributed by atoms with E-state index in [0.29, 0.717) is 6.04 Å². The number of pyridine rings is 2. The summed E-state index contributed by atoms with van der Waals surface area (Å²) in [6.07, 6.45) is 5.87. The molecule has 0 radical (unpaired) electrons. The van der Waals surface area contributed by atoms with Crippen molar-refractivity contribution < 1.29 is 17.7 Å². The van der Waals surface area contributed by atoms with Crippen LogP contribution in [-0.2, 0) is 6.42 Å². The lowest BCUT2D eigenvalue weighted by Gasteiger charge is -2.17. The molecular weight excluding hydrogens is 342 g/mol. The Morgan fingerprint density at radius 3 is 1.92 bits per heavy atom. The Labute approximate surface area is 162 Å². The quantitative estimate of drug-likeness (QED) is 0.618. The number of benzene rings is 1. The van der Waals surface area contributed by atoms with E-state index in [1.807, 2.05) is 24.5 Å². The van der Waals surface area contributed by atoms with Crippen LogP contribution in [0.3, 0.4) is 0 Å². The van der Waals surface area contributed by atoms with E-state index in [1.165, 1.54) is 5.56 Å². The minimum Gasteiger partial charge on any atom is -1.00 e. The van der Waals surface area contributed by atoms with Crippen molar-refractivity contribution in [3.05, 3.63) is 96.1 Å². The molecule has 0 spiro atoms. The van der Waals surface area contributed by atoms with Gasteiger partial charge in [-0.15, -0.1) is 0 Å². The van der Waals surface area contributed by atoms with Gasteiger partial charge in [-0.2, -0.15) is 0 Å². The lowest BCUT2D eigenvalue weighted by Crippen LogP contribution is -3.00. The first-order chi connectivity index (χ1) is 12.3. The van der Waals surface area contributed by atoms with E-state index in [9.17, 15) is 0 Å². The molecule has 3 aromatic rings. The van der Waals surface area contributed by atoms with Crippen LogP contribution in [0.5, 0.6) is 0 Å². The van der Waals surface area contributed by atoms with Gasteiger partial charge in [0.15, 0.2) is 0 Å². The first-order valence-electron chi connectivity index (χ1n) is 9.02. The van der Waals surface area contributed by atoms with Crippen molar-refractivity contribution in [1.29, 1.82) is 0 Å². The second-order valence-corrected chi connectivity index (χ2v) is 6.54. The average Bonchev–Trinajstić information content (AvgIpc) is 2.67. The molecule has 0 saturated carbocycles. The summed E-state index contributed by atoms with van der Waals surface area (Å²) < 4.78 is 0. The van der Waals surface area contributed by atoms with Gasteiger partial charge < -0.3 is 17.7 Å². The first kappa shape index (κ1) is 20.1. The molecule has 2 aromatic heterocycles. The molecule has 0 aliphatic carbocycles. The van der Waals surface area contributed by atoms with Crippen LogP contribution in [0.2, 0.25) is 0 Å². The van der Waals surface area contributed by atoms with Crippen molar-refractivity contribution in [2.75, 3.05) is 6.54 Å². The Kier molecular flexibility index (Phi) is 8.26. The van der Waals surface area contributed by atoms with Gasteiger partial charge in [-0.25, -0.2) is 0 Å². The van der Waals surface area contributed by atoms with Crippen LogP contribution < -0.4 is 17.7 Å². The van der Waals surface area contributed by atoms with Crippen LogP contribution in [0, 0.1) is 0 Å². The lowest BCUT2D eigenvalue weighted by atomic mass is 9.96. The Bertz CT molecular complexity index is 696. The molecular formula is C22H26ClN3. The maximum Gasteiger partial charge on any atom is 0.0871 e. The monoisotopic (exact) mass is 367 g/mol. The van der Waals surface area contributed by atoms with Crippen LogP contribution in [0.25, 0.3) is 0 Å². The predicted molar refractivity (Wildman–Crippen MR) is 101 cm³/mol. The number of quaternary nitrogens is 1. The van der Waals surface area contributed by atoms with Crippen molar-refractivity contribution in [2.45, 2.75) is 31.7 Å². The van der Waals surface area contributed by atoms with Crippen LogP contribution in [0.15, 0.2) is 79.1 Å². The third kappa shape index (κ3) is 5.94. The summed E-state index contributed by atoms with van der Waals surface area (Å²) in [6.45, 7) is 3.36. The van der Waals surface area contributed by atoms with Gasteiger partial charge in [0.25, 0.3) is 0 Å². The van der Waals surface area contributed by atoms with Gasteiger partial charge in [-0.3, -0.25) is 9.97 Å². The molecule has 3 nitrogen and oxygen atoms in total. The summed E-state index contributed by atoms with van der Waals surface area (Å²) in [5, 5.41) is 2.44. The normalized spacial score (nSPS) is 11.8. The summed E-state index contributed by atoms with van der Waals surface area (Å²) in [4.78, 5) is 9.13. The molecule has 0 aliphatic heterocycles. The fraction of sp³-hybridized carbons (Fsp3) is 0.273. The van der Waals surface area contributed by atoms with Gasteiger partial charge in [0.1, 0.15) is 0 Å². The largest absolute Gasteiger partial charge is 1.00 e. The van der Waals surface area contributed by atoms with Gasteiger partial charge >= 0.3 is 0 Å².